The van der Waals surface area contributed by atoms with E-state index in [-0.39, 0.29) is 29.9 Å². The Morgan fingerprint density at radius 3 is 2.67 bits per heavy atom. The first-order chi connectivity index (χ1) is 8.45. The van der Waals surface area contributed by atoms with Crippen molar-refractivity contribution < 1.29 is 19.1 Å². The van der Waals surface area contributed by atoms with Crippen LogP contribution >= 0.6 is 0 Å². The highest BCUT2D eigenvalue weighted by atomic mass is 16.6. The molecule has 1 heterocycles. The number of cyclic esters (lactones) is 1. The van der Waals surface area contributed by atoms with Crippen LogP contribution in [0.25, 0.3) is 0 Å². The summed E-state index contributed by atoms with van der Waals surface area (Å²) in [6.45, 7) is 7.80. The van der Waals surface area contributed by atoms with Gasteiger partial charge in [-0.2, -0.15) is 0 Å². The van der Waals surface area contributed by atoms with Crippen molar-refractivity contribution in [3.05, 3.63) is 0 Å². The summed E-state index contributed by atoms with van der Waals surface area (Å²) in [5.74, 6) is -0.476. The predicted octanol–water partition coefficient (Wildman–Crippen LogP) is 2.70. The number of carbonyl (C=O) groups excluding carboxylic acids is 2. The Balaban J connectivity index is 2.59. The normalized spacial score (nSPS) is 27.4. The molecule has 104 valence electrons. The third-order valence-corrected chi connectivity index (χ3v) is 3.18. The van der Waals surface area contributed by atoms with Crippen LogP contribution in [0.3, 0.4) is 0 Å². The van der Waals surface area contributed by atoms with E-state index in [0.29, 0.717) is 6.42 Å². The van der Waals surface area contributed by atoms with Gasteiger partial charge in [0.15, 0.2) is 6.10 Å². The predicted molar refractivity (Wildman–Crippen MR) is 67.9 cm³/mol. The largest absolute Gasteiger partial charge is 0.458 e. The van der Waals surface area contributed by atoms with Crippen molar-refractivity contribution in [3.63, 3.8) is 0 Å². The van der Waals surface area contributed by atoms with Gasteiger partial charge in [-0.05, 0) is 19.3 Å². The summed E-state index contributed by atoms with van der Waals surface area (Å²) in [4.78, 5) is 23.4. The van der Waals surface area contributed by atoms with Gasteiger partial charge in [-0.1, -0.05) is 33.6 Å². The topological polar surface area (TPSA) is 52.6 Å². The zero-order valence-corrected chi connectivity index (χ0v) is 11.8. The Bertz CT molecular complexity index is 298. The lowest BCUT2D eigenvalue weighted by Gasteiger charge is -2.19. The van der Waals surface area contributed by atoms with Crippen LogP contribution < -0.4 is 0 Å². The van der Waals surface area contributed by atoms with E-state index in [4.69, 9.17) is 9.47 Å². The van der Waals surface area contributed by atoms with Gasteiger partial charge in [0.1, 0.15) is 6.10 Å². The van der Waals surface area contributed by atoms with Crippen LogP contribution in [0.15, 0.2) is 0 Å². The molecule has 18 heavy (non-hydrogen) atoms. The minimum absolute atomic E-state index is 0.224. The third kappa shape index (κ3) is 4.00. The second kappa shape index (κ2) is 6.76. The molecule has 0 aliphatic carbocycles. The summed E-state index contributed by atoms with van der Waals surface area (Å²) >= 11 is 0. The standard InChI is InChI=1S/C14H24O4/c1-5-6-7-11-13(10(4)17-14(11)16)18-12(15)8-9(2)3/h9-11,13H,5-8H2,1-4H3/t10-,11-,13-/m0/s1. The fourth-order valence-corrected chi connectivity index (χ4v) is 2.22. The first-order valence-corrected chi connectivity index (χ1v) is 6.85. The summed E-state index contributed by atoms with van der Waals surface area (Å²) in [6, 6.07) is 0. The summed E-state index contributed by atoms with van der Waals surface area (Å²) in [5, 5.41) is 0. The van der Waals surface area contributed by atoms with Crippen molar-refractivity contribution in [1.29, 1.82) is 0 Å². The van der Waals surface area contributed by atoms with Gasteiger partial charge < -0.3 is 9.47 Å². The fraction of sp³-hybridized carbons (Fsp3) is 0.857. The van der Waals surface area contributed by atoms with Crippen LogP contribution in [0.4, 0.5) is 0 Å². The molecular formula is C14H24O4. The molecule has 1 saturated heterocycles. The Hall–Kier alpha value is -1.06. The van der Waals surface area contributed by atoms with Crippen molar-refractivity contribution in [3.8, 4) is 0 Å². The van der Waals surface area contributed by atoms with Crippen LogP contribution in [0.2, 0.25) is 0 Å². The highest BCUT2D eigenvalue weighted by Gasteiger charge is 2.44. The molecule has 3 atom stereocenters. The Labute approximate surface area is 109 Å². The van der Waals surface area contributed by atoms with Crippen LogP contribution in [-0.2, 0) is 19.1 Å². The van der Waals surface area contributed by atoms with Crippen molar-refractivity contribution >= 4 is 11.9 Å². The van der Waals surface area contributed by atoms with Crippen molar-refractivity contribution in [2.75, 3.05) is 0 Å². The third-order valence-electron chi connectivity index (χ3n) is 3.18. The molecule has 0 aromatic heterocycles. The minimum Gasteiger partial charge on any atom is -0.458 e. The van der Waals surface area contributed by atoms with Gasteiger partial charge in [0.25, 0.3) is 0 Å². The van der Waals surface area contributed by atoms with Crippen LogP contribution in [0.5, 0.6) is 0 Å². The maximum absolute atomic E-state index is 11.7. The van der Waals surface area contributed by atoms with Crippen molar-refractivity contribution in [2.45, 2.75) is 65.6 Å². The number of carbonyl (C=O) groups is 2. The molecule has 0 radical (unpaired) electrons. The SMILES string of the molecule is CCCC[C@@H]1C(=O)O[C@@H](C)[C@@H]1OC(=O)CC(C)C. The summed E-state index contributed by atoms with van der Waals surface area (Å²) in [6.07, 6.45) is 2.36. The number of hydrogen-bond donors (Lipinski definition) is 0. The van der Waals surface area contributed by atoms with Gasteiger partial charge in [0.2, 0.25) is 0 Å². The summed E-state index contributed by atoms with van der Waals surface area (Å²) < 4.78 is 10.6. The smallest absolute Gasteiger partial charge is 0.313 e. The molecule has 0 amide bonds. The van der Waals surface area contributed by atoms with Crippen LogP contribution in [-0.4, -0.2) is 24.1 Å². The molecule has 1 rings (SSSR count). The number of unbranched alkanes of at least 4 members (excludes halogenated alkanes) is 1. The van der Waals surface area contributed by atoms with E-state index in [1.165, 1.54) is 0 Å². The lowest BCUT2D eigenvalue weighted by Crippen LogP contribution is -2.31. The van der Waals surface area contributed by atoms with Gasteiger partial charge in [-0.25, -0.2) is 0 Å². The number of rotatable bonds is 6. The highest BCUT2D eigenvalue weighted by molar-refractivity contribution is 5.77. The minimum atomic E-state index is -0.407. The molecule has 4 heteroatoms. The lowest BCUT2D eigenvalue weighted by atomic mass is 9.95. The number of ether oxygens (including phenoxy) is 2. The molecule has 1 aliphatic rings. The van der Waals surface area contributed by atoms with Gasteiger partial charge >= 0.3 is 11.9 Å². The molecular weight excluding hydrogens is 232 g/mol. The van der Waals surface area contributed by atoms with E-state index < -0.39 is 6.10 Å². The van der Waals surface area contributed by atoms with Gasteiger partial charge in [-0.15, -0.1) is 0 Å². The maximum atomic E-state index is 11.7. The maximum Gasteiger partial charge on any atom is 0.313 e. The van der Waals surface area contributed by atoms with E-state index in [2.05, 4.69) is 6.92 Å². The molecule has 1 aliphatic heterocycles. The summed E-state index contributed by atoms with van der Waals surface area (Å²) in [5.41, 5.74) is 0. The quantitative estimate of drug-likeness (QED) is 0.686. The fourth-order valence-electron chi connectivity index (χ4n) is 2.22. The van der Waals surface area contributed by atoms with Crippen molar-refractivity contribution in [2.24, 2.45) is 11.8 Å². The van der Waals surface area contributed by atoms with Gasteiger partial charge in [0.05, 0.1) is 5.92 Å². The second-order valence-electron chi connectivity index (χ2n) is 5.44. The first-order valence-electron chi connectivity index (χ1n) is 6.85. The Morgan fingerprint density at radius 2 is 2.11 bits per heavy atom. The molecule has 0 spiro atoms. The van der Waals surface area contributed by atoms with Gasteiger partial charge in [-0.3, -0.25) is 9.59 Å². The molecule has 0 saturated carbocycles. The molecule has 0 bridgehead atoms. The zero-order valence-electron chi connectivity index (χ0n) is 11.8. The molecule has 0 aromatic rings. The average Bonchev–Trinajstić information content (AvgIpc) is 2.50. The molecule has 0 aromatic carbocycles. The Kier molecular flexibility index (Phi) is 5.63. The number of esters is 2. The molecule has 0 N–H and O–H groups in total. The monoisotopic (exact) mass is 256 g/mol. The van der Waals surface area contributed by atoms with Crippen LogP contribution in [0, 0.1) is 11.8 Å². The Morgan fingerprint density at radius 1 is 1.44 bits per heavy atom. The van der Waals surface area contributed by atoms with E-state index in [9.17, 15) is 9.59 Å². The summed E-state index contributed by atoms with van der Waals surface area (Å²) in [7, 11) is 0. The second-order valence-corrected chi connectivity index (χ2v) is 5.44. The molecule has 1 fully saturated rings. The zero-order chi connectivity index (χ0) is 13.7. The first kappa shape index (κ1) is 15.0. The number of hydrogen-bond acceptors (Lipinski definition) is 4. The van der Waals surface area contributed by atoms with E-state index in [1.807, 2.05) is 13.8 Å². The van der Waals surface area contributed by atoms with Crippen molar-refractivity contribution in [1.82, 2.24) is 0 Å². The molecule has 4 nitrogen and oxygen atoms in total. The van der Waals surface area contributed by atoms with E-state index in [1.54, 1.807) is 6.92 Å². The lowest BCUT2D eigenvalue weighted by molar-refractivity contribution is -0.154. The highest BCUT2D eigenvalue weighted by Crippen LogP contribution is 2.29. The molecule has 0 unspecified atom stereocenters. The average molecular weight is 256 g/mol. The van der Waals surface area contributed by atoms with E-state index in [0.717, 1.165) is 19.3 Å². The van der Waals surface area contributed by atoms with Crippen LogP contribution in [0.1, 0.15) is 53.4 Å². The van der Waals surface area contributed by atoms with E-state index >= 15 is 0 Å². The van der Waals surface area contributed by atoms with Gasteiger partial charge in [0, 0.05) is 6.42 Å².